The van der Waals surface area contributed by atoms with Gasteiger partial charge in [-0.25, -0.2) is 4.79 Å². The normalized spacial score (nSPS) is 16.4. The molecule has 1 atom stereocenters. The number of rotatable bonds is 3. The molecule has 0 fully saturated rings. The Morgan fingerprint density at radius 2 is 1.85 bits per heavy atom. The van der Waals surface area contributed by atoms with E-state index in [4.69, 9.17) is 10.2 Å². The molecule has 0 aliphatic carbocycles. The number of carboxylic acids is 1. The highest BCUT2D eigenvalue weighted by Crippen LogP contribution is 2.35. The van der Waals surface area contributed by atoms with Crippen molar-refractivity contribution in [1.82, 2.24) is 0 Å². The molecule has 0 bridgehead atoms. The molecule has 0 aromatic heterocycles. The third-order valence-corrected chi connectivity index (χ3v) is 1.38. The van der Waals surface area contributed by atoms with Crippen molar-refractivity contribution in [2.24, 2.45) is 0 Å². The largest absolute Gasteiger partial charge is 0.479 e. The van der Waals surface area contributed by atoms with Crippen molar-refractivity contribution >= 4 is 5.97 Å². The van der Waals surface area contributed by atoms with Gasteiger partial charge in [-0.05, 0) is 6.92 Å². The highest BCUT2D eigenvalue weighted by molar-refractivity contribution is 5.78. The Morgan fingerprint density at radius 1 is 1.46 bits per heavy atom. The number of hydrogen-bond donors (Lipinski definition) is 2. The van der Waals surface area contributed by atoms with Crippen molar-refractivity contribution in [2.75, 3.05) is 0 Å². The molecule has 0 aliphatic rings. The van der Waals surface area contributed by atoms with Crippen molar-refractivity contribution in [3.63, 3.8) is 0 Å². The Kier molecular flexibility index (Phi) is 3.10. The standard InChI is InChI=1S/C7H9F3O3/c1-4(2)3-6(13,5(11)12)7(8,9)10/h13H,1,3H2,2H3,(H,11,12)/t6-/m1/s1. The van der Waals surface area contributed by atoms with E-state index in [9.17, 15) is 18.0 Å². The lowest BCUT2D eigenvalue weighted by atomic mass is 9.95. The minimum atomic E-state index is -5.20. The topological polar surface area (TPSA) is 57.5 Å². The first-order valence-corrected chi connectivity index (χ1v) is 3.28. The lowest BCUT2D eigenvalue weighted by Gasteiger charge is -2.25. The average molecular weight is 198 g/mol. The van der Waals surface area contributed by atoms with Crippen LogP contribution >= 0.6 is 0 Å². The lowest BCUT2D eigenvalue weighted by Crippen LogP contribution is -2.52. The summed E-state index contributed by atoms with van der Waals surface area (Å²) < 4.78 is 36.1. The lowest BCUT2D eigenvalue weighted by molar-refractivity contribution is -0.259. The molecule has 0 spiro atoms. The van der Waals surface area contributed by atoms with Crippen LogP contribution in [0.5, 0.6) is 0 Å². The van der Waals surface area contributed by atoms with Crippen LogP contribution in [0.25, 0.3) is 0 Å². The van der Waals surface area contributed by atoms with E-state index >= 15 is 0 Å². The highest BCUT2D eigenvalue weighted by Gasteiger charge is 2.59. The summed E-state index contributed by atoms with van der Waals surface area (Å²) in [6.45, 7) is 4.32. The Hall–Kier alpha value is -1.04. The number of carboxylic acid groups (broad SMARTS) is 1. The molecule has 2 N–H and O–H groups in total. The van der Waals surface area contributed by atoms with E-state index in [0.29, 0.717) is 0 Å². The van der Waals surface area contributed by atoms with Crippen LogP contribution in [0.3, 0.4) is 0 Å². The van der Waals surface area contributed by atoms with Crippen molar-refractivity contribution in [3.05, 3.63) is 12.2 Å². The van der Waals surface area contributed by atoms with Gasteiger partial charge < -0.3 is 10.2 Å². The van der Waals surface area contributed by atoms with Crippen LogP contribution in [0.15, 0.2) is 12.2 Å². The summed E-state index contributed by atoms with van der Waals surface area (Å²) in [5.74, 6) is -2.32. The van der Waals surface area contributed by atoms with E-state index in [1.807, 2.05) is 0 Å². The summed E-state index contributed by atoms with van der Waals surface area (Å²) in [6.07, 6.45) is -6.23. The van der Waals surface area contributed by atoms with Crippen molar-refractivity contribution in [3.8, 4) is 0 Å². The van der Waals surface area contributed by atoms with Gasteiger partial charge in [0.05, 0.1) is 0 Å². The molecule has 0 unspecified atom stereocenters. The fraction of sp³-hybridized carbons (Fsp3) is 0.571. The molecule has 0 heterocycles. The predicted octanol–water partition coefficient (Wildman–Crippen LogP) is 1.33. The van der Waals surface area contributed by atoms with Gasteiger partial charge in [0.2, 0.25) is 0 Å². The molecular weight excluding hydrogens is 189 g/mol. The van der Waals surface area contributed by atoms with Crippen LogP contribution in [0.2, 0.25) is 0 Å². The molecule has 0 aromatic rings. The number of aliphatic carboxylic acids is 1. The van der Waals surface area contributed by atoms with E-state index in [1.165, 1.54) is 6.92 Å². The smallest absolute Gasteiger partial charge is 0.428 e. The number of aliphatic hydroxyl groups is 1. The Bertz CT molecular complexity index is 234. The average Bonchev–Trinajstić information content (AvgIpc) is 1.82. The van der Waals surface area contributed by atoms with Gasteiger partial charge in [0, 0.05) is 6.42 Å². The zero-order valence-corrected chi connectivity index (χ0v) is 6.85. The fourth-order valence-electron chi connectivity index (χ4n) is 0.734. The van der Waals surface area contributed by atoms with E-state index in [0.717, 1.165) is 0 Å². The maximum atomic E-state index is 12.0. The second kappa shape index (κ2) is 3.37. The first-order valence-electron chi connectivity index (χ1n) is 3.28. The summed E-state index contributed by atoms with van der Waals surface area (Å²) in [5, 5.41) is 17.0. The van der Waals surface area contributed by atoms with Crippen molar-refractivity contribution in [1.29, 1.82) is 0 Å². The van der Waals surface area contributed by atoms with Gasteiger partial charge in [0.15, 0.2) is 0 Å². The van der Waals surface area contributed by atoms with Crippen LogP contribution < -0.4 is 0 Å². The van der Waals surface area contributed by atoms with Crippen LogP contribution in [-0.2, 0) is 4.79 Å². The zero-order chi connectivity index (χ0) is 10.9. The van der Waals surface area contributed by atoms with E-state index < -0.39 is 24.2 Å². The Labute approximate surface area is 72.5 Å². The molecule has 0 amide bonds. The number of hydrogen-bond acceptors (Lipinski definition) is 2. The quantitative estimate of drug-likeness (QED) is 0.672. The fourth-order valence-corrected chi connectivity index (χ4v) is 0.734. The number of carbonyl (C=O) groups is 1. The molecule has 0 radical (unpaired) electrons. The molecular formula is C7H9F3O3. The van der Waals surface area contributed by atoms with Crippen molar-refractivity contribution < 1.29 is 28.2 Å². The first-order chi connectivity index (χ1) is 5.61. The van der Waals surface area contributed by atoms with Gasteiger partial charge in [-0.1, -0.05) is 5.57 Å². The molecule has 0 saturated heterocycles. The maximum Gasteiger partial charge on any atom is 0.428 e. The molecule has 0 rings (SSSR count). The van der Waals surface area contributed by atoms with E-state index in [-0.39, 0.29) is 5.57 Å². The highest BCUT2D eigenvalue weighted by atomic mass is 19.4. The molecule has 0 aromatic carbocycles. The summed E-state index contributed by atoms with van der Waals surface area (Å²) in [5.41, 5.74) is -3.78. The summed E-state index contributed by atoms with van der Waals surface area (Å²) in [4.78, 5) is 10.2. The second-order valence-electron chi connectivity index (χ2n) is 2.80. The summed E-state index contributed by atoms with van der Waals surface area (Å²) >= 11 is 0. The minimum Gasteiger partial charge on any atom is -0.479 e. The Balaban J connectivity index is 4.96. The van der Waals surface area contributed by atoms with E-state index in [1.54, 1.807) is 0 Å². The van der Waals surface area contributed by atoms with Crippen LogP contribution in [0, 0.1) is 0 Å². The van der Waals surface area contributed by atoms with Crippen LogP contribution in [0.1, 0.15) is 13.3 Å². The van der Waals surface area contributed by atoms with Crippen molar-refractivity contribution in [2.45, 2.75) is 25.1 Å². The van der Waals surface area contributed by atoms with Gasteiger partial charge in [-0.2, -0.15) is 13.2 Å². The Morgan fingerprint density at radius 3 is 1.92 bits per heavy atom. The van der Waals surface area contributed by atoms with Gasteiger partial charge >= 0.3 is 12.1 Å². The van der Waals surface area contributed by atoms with Gasteiger partial charge in [-0.15, -0.1) is 6.58 Å². The predicted molar refractivity (Wildman–Crippen MR) is 38.1 cm³/mol. The maximum absolute atomic E-state index is 12.0. The summed E-state index contributed by atoms with van der Waals surface area (Å²) in [6, 6.07) is 0. The monoisotopic (exact) mass is 198 g/mol. The van der Waals surface area contributed by atoms with Gasteiger partial charge in [-0.3, -0.25) is 0 Å². The SMILES string of the molecule is C=C(C)C[C@@](O)(C(=O)O)C(F)(F)F. The molecule has 0 aliphatic heterocycles. The van der Waals surface area contributed by atoms with Crippen LogP contribution in [-0.4, -0.2) is 28.0 Å². The first kappa shape index (κ1) is 12.0. The molecule has 76 valence electrons. The third kappa shape index (κ3) is 2.45. The third-order valence-electron chi connectivity index (χ3n) is 1.38. The molecule has 6 heteroatoms. The molecule has 0 saturated carbocycles. The summed E-state index contributed by atoms with van der Waals surface area (Å²) in [7, 11) is 0. The second-order valence-corrected chi connectivity index (χ2v) is 2.80. The van der Waals surface area contributed by atoms with E-state index in [2.05, 4.69) is 6.58 Å². The van der Waals surface area contributed by atoms with Crippen LogP contribution in [0.4, 0.5) is 13.2 Å². The number of alkyl halides is 3. The zero-order valence-electron chi connectivity index (χ0n) is 6.85. The van der Waals surface area contributed by atoms with Gasteiger partial charge in [0.1, 0.15) is 0 Å². The van der Waals surface area contributed by atoms with Gasteiger partial charge in [0.25, 0.3) is 5.60 Å². The molecule has 13 heavy (non-hydrogen) atoms. The minimum absolute atomic E-state index is 0.0535. The number of halogens is 3. The molecule has 3 nitrogen and oxygen atoms in total.